The highest BCUT2D eigenvalue weighted by atomic mass is 16.6. The lowest BCUT2D eigenvalue weighted by Gasteiger charge is -2.18. The van der Waals surface area contributed by atoms with E-state index in [2.05, 4.69) is 0 Å². The zero-order valence-corrected chi connectivity index (χ0v) is 9.51. The van der Waals surface area contributed by atoms with Gasteiger partial charge in [-0.15, -0.1) is 0 Å². The maximum Gasteiger partial charge on any atom is 0.306 e. The lowest BCUT2D eigenvalue weighted by molar-refractivity contribution is -0.156. The Labute approximate surface area is 94.9 Å². The van der Waals surface area contributed by atoms with E-state index in [9.17, 15) is 9.59 Å². The van der Waals surface area contributed by atoms with E-state index in [-0.39, 0.29) is 18.0 Å². The lowest BCUT2D eigenvalue weighted by atomic mass is 10.1. The average molecular weight is 224 g/mol. The van der Waals surface area contributed by atoms with Crippen molar-refractivity contribution in [3.63, 3.8) is 0 Å². The van der Waals surface area contributed by atoms with Crippen LogP contribution in [0.5, 0.6) is 0 Å². The standard InChI is InChI=1S/C12H16O4/c1-3-4-5-6-10(15-9(2)13)11-7-8-12(14)16-11/h3-6,10-11H,7-8H2,1-2H3/b4-3+,6-5-/t10-,11?/m0/s1. The number of ether oxygens (including phenoxy) is 2. The molecule has 1 saturated heterocycles. The first-order chi connectivity index (χ1) is 7.63. The minimum absolute atomic E-state index is 0.235. The van der Waals surface area contributed by atoms with Crippen LogP contribution in [0.15, 0.2) is 24.3 Å². The Kier molecular flexibility index (Phi) is 4.76. The summed E-state index contributed by atoms with van der Waals surface area (Å²) in [5.74, 6) is -0.611. The highest BCUT2D eigenvalue weighted by Crippen LogP contribution is 2.20. The van der Waals surface area contributed by atoms with Crippen LogP contribution < -0.4 is 0 Å². The van der Waals surface area contributed by atoms with Gasteiger partial charge < -0.3 is 9.47 Å². The Hall–Kier alpha value is -1.58. The summed E-state index contributed by atoms with van der Waals surface area (Å²) in [5, 5.41) is 0. The fraction of sp³-hybridized carbons (Fsp3) is 0.500. The van der Waals surface area contributed by atoms with E-state index < -0.39 is 6.10 Å². The molecule has 4 heteroatoms. The van der Waals surface area contributed by atoms with Crippen molar-refractivity contribution in [3.05, 3.63) is 24.3 Å². The molecule has 2 atom stereocenters. The Morgan fingerprint density at radius 1 is 1.56 bits per heavy atom. The van der Waals surface area contributed by atoms with Gasteiger partial charge in [0.15, 0.2) is 6.10 Å². The average Bonchev–Trinajstić information content (AvgIpc) is 2.63. The maximum atomic E-state index is 11.0. The van der Waals surface area contributed by atoms with Crippen LogP contribution in [0, 0.1) is 0 Å². The highest BCUT2D eigenvalue weighted by molar-refractivity contribution is 5.72. The van der Waals surface area contributed by atoms with Crippen molar-refractivity contribution in [2.45, 2.75) is 38.9 Å². The normalized spacial score (nSPS) is 22.6. The van der Waals surface area contributed by atoms with Crippen molar-refractivity contribution < 1.29 is 19.1 Å². The molecular weight excluding hydrogens is 208 g/mol. The van der Waals surface area contributed by atoms with E-state index in [1.807, 2.05) is 19.1 Å². The molecule has 4 nitrogen and oxygen atoms in total. The summed E-state index contributed by atoms with van der Waals surface area (Å²) >= 11 is 0. The molecule has 1 heterocycles. The van der Waals surface area contributed by atoms with Crippen LogP contribution >= 0.6 is 0 Å². The minimum atomic E-state index is -0.486. The number of hydrogen-bond acceptors (Lipinski definition) is 4. The third kappa shape index (κ3) is 3.88. The Bertz CT molecular complexity index is 317. The molecule has 16 heavy (non-hydrogen) atoms. The van der Waals surface area contributed by atoms with Crippen LogP contribution in [-0.2, 0) is 19.1 Å². The SMILES string of the molecule is C/C=C/C=C\[C@H](OC(C)=O)C1CCC(=O)O1. The molecule has 0 saturated carbocycles. The minimum Gasteiger partial charge on any atom is -0.458 e. The number of allylic oxidation sites excluding steroid dienone is 3. The lowest BCUT2D eigenvalue weighted by Crippen LogP contribution is -2.28. The van der Waals surface area contributed by atoms with Crippen LogP contribution in [0.3, 0.4) is 0 Å². The number of esters is 2. The third-order valence-corrected chi connectivity index (χ3v) is 2.19. The van der Waals surface area contributed by atoms with Gasteiger partial charge in [-0.25, -0.2) is 0 Å². The van der Waals surface area contributed by atoms with Gasteiger partial charge in [0, 0.05) is 13.3 Å². The second-order valence-corrected chi connectivity index (χ2v) is 3.55. The molecule has 0 spiro atoms. The fourth-order valence-electron chi connectivity index (χ4n) is 1.49. The predicted molar refractivity (Wildman–Crippen MR) is 58.6 cm³/mol. The molecule has 0 radical (unpaired) electrons. The van der Waals surface area contributed by atoms with Crippen LogP contribution in [-0.4, -0.2) is 24.1 Å². The Morgan fingerprint density at radius 3 is 2.81 bits per heavy atom. The van der Waals surface area contributed by atoms with E-state index in [0.29, 0.717) is 12.8 Å². The molecule has 0 aromatic carbocycles. The molecule has 1 aliphatic rings. The molecule has 1 fully saturated rings. The molecule has 0 aliphatic carbocycles. The van der Waals surface area contributed by atoms with Crippen molar-refractivity contribution in [1.29, 1.82) is 0 Å². The van der Waals surface area contributed by atoms with E-state index >= 15 is 0 Å². The van der Waals surface area contributed by atoms with E-state index in [0.717, 1.165) is 0 Å². The Morgan fingerprint density at radius 2 is 2.31 bits per heavy atom. The highest BCUT2D eigenvalue weighted by Gasteiger charge is 2.31. The molecule has 88 valence electrons. The monoisotopic (exact) mass is 224 g/mol. The topological polar surface area (TPSA) is 52.6 Å². The molecule has 0 aromatic rings. The Balaban J connectivity index is 2.62. The maximum absolute atomic E-state index is 11.0. The summed E-state index contributed by atoms with van der Waals surface area (Å²) in [6.07, 6.45) is 7.34. The van der Waals surface area contributed by atoms with Crippen molar-refractivity contribution in [3.8, 4) is 0 Å². The molecule has 1 rings (SSSR count). The first kappa shape index (κ1) is 12.5. The van der Waals surface area contributed by atoms with Crippen molar-refractivity contribution in [2.24, 2.45) is 0 Å². The van der Waals surface area contributed by atoms with Crippen molar-refractivity contribution in [1.82, 2.24) is 0 Å². The number of hydrogen-bond donors (Lipinski definition) is 0. The van der Waals surface area contributed by atoms with Crippen molar-refractivity contribution >= 4 is 11.9 Å². The van der Waals surface area contributed by atoms with Crippen LogP contribution in [0.25, 0.3) is 0 Å². The quantitative estimate of drug-likeness (QED) is 0.539. The summed E-state index contributed by atoms with van der Waals surface area (Å²) in [6.45, 7) is 3.23. The number of carbonyl (C=O) groups is 2. The first-order valence-electron chi connectivity index (χ1n) is 5.29. The smallest absolute Gasteiger partial charge is 0.306 e. The van der Waals surface area contributed by atoms with Gasteiger partial charge in [-0.05, 0) is 19.4 Å². The number of cyclic esters (lactones) is 1. The molecule has 0 amide bonds. The van der Waals surface area contributed by atoms with Gasteiger partial charge in [-0.1, -0.05) is 18.2 Å². The molecule has 0 aromatic heterocycles. The summed E-state index contributed by atoms with van der Waals surface area (Å²) in [5.41, 5.74) is 0. The van der Waals surface area contributed by atoms with E-state index in [1.54, 1.807) is 12.2 Å². The predicted octanol–water partition coefficient (Wildman–Crippen LogP) is 1.76. The van der Waals surface area contributed by atoms with E-state index in [4.69, 9.17) is 9.47 Å². The molecular formula is C12H16O4. The van der Waals surface area contributed by atoms with Gasteiger partial charge in [0.05, 0.1) is 0 Å². The largest absolute Gasteiger partial charge is 0.458 e. The first-order valence-corrected chi connectivity index (χ1v) is 5.29. The summed E-state index contributed by atoms with van der Waals surface area (Å²) in [6, 6.07) is 0. The molecule has 1 unspecified atom stereocenters. The number of rotatable bonds is 4. The summed E-state index contributed by atoms with van der Waals surface area (Å²) < 4.78 is 10.2. The molecule has 0 bridgehead atoms. The molecule has 1 aliphatic heterocycles. The van der Waals surface area contributed by atoms with Gasteiger partial charge in [0.1, 0.15) is 6.10 Å². The third-order valence-electron chi connectivity index (χ3n) is 2.19. The van der Waals surface area contributed by atoms with E-state index in [1.165, 1.54) is 6.92 Å². The van der Waals surface area contributed by atoms with Gasteiger partial charge in [-0.2, -0.15) is 0 Å². The van der Waals surface area contributed by atoms with Gasteiger partial charge >= 0.3 is 11.9 Å². The summed E-state index contributed by atoms with van der Waals surface area (Å²) in [4.78, 5) is 21.9. The van der Waals surface area contributed by atoms with Crippen LogP contribution in [0.4, 0.5) is 0 Å². The second-order valence-electron chi connectivity index (χ2n) is 3.55. The number of carbonyl (C=O) groups excluding carboxylic acids is 2. The summed E-state index contributed by atoms with van der Waals surface area (Å²) in [7, 11) is 0. The van der Waals surface area contributed by atoms with Gasteiger partial charge in [0.25, 0.3) is 0 Å². The zero-order chi connectivity index (χ0) is 12.0. The second kappa shape index (κ2) is 6.10. The van der Waals surface area contributed by atoms with Gasteiger partial charge in [0.2, 0.25) is 0 Å². The van der Waals surface area contributed by atoms with Gasteiger partial charge in [-0.3, -0.25) is 9.59 Å². The molecule has 0 N–H and O–H groups in total. The van der Waals surface area contributed by atoms with Crippen LogP contribution in [0.1, 0.15) is 26.7 Å². The zero-order valence-electron chi connectivity index (χ0n) is 9.51. The fourth-order valence-corrected chi connectivity index (χ4v) is 1.49. The van der Waals surface area contributed by atoms with Crippen molar-refractivity contribution in [2.75, 3.05) is 0 Å². The van der Waals surface area contributed by atoms with Crippen LogP contribution in [0.2, 0.25) is 0 Å².